The Balaban J connectivity index is 1.32. The van der Waals surface area contributed by atoms with Crippen molar-refractivity contribution < 1.29 is 21.9 Å². The molecule has 3 heterocycles. The molecule has 1 N–H and O–H groups in total. The van der Waals surface area contributed by atoms with Crippen LogP contribution in [0.4, 0.5) is 14.5 Å². The standard InChI is InChI=1S/C33H30F2N4O3S/c1-42-33-31(38-43(40,41)32-12-10-26(34)19-29(32)35)18-25(20-37-33)24-9-11-30-28(17-24)27(13-14-36-30)23-7-5-22(6-8-23)21-39-15-3-2-4-16-39/h5-14,17-20,38H,2-4,15-16,21H2,1H3. The first-order valence-electron chi connectivity index (χ1n) is 14.0. The lowest BCUT2D eigenvalue weighted by atomic mass is 9.97. The number of rotatable bonds is 8. The Bertz CT molecular complexity index is 1890. The van der Waals surface area contributed by atoms with E-state index in [1.165, 1.54) is 31.9 Å². The fraction of sp³-hybridized carbons (Fsp3) is 0.212. The van der Waals surface area contributed by atoms with Gasteiger partial charge in [-0.05, 0) is 84.6 Å². The van der Waals surface area contributed by atoms with Gasteiger partial charge in [0, 0.05) is 36.0 Å². The second-order valence-electron chi connectivity index (χ2n) is 10.6. The smallest absolute Gasteiger partial charge is 0.264 e. The number of nitrogens with zero attached hydrogens (tertiary/aromatic N) is 3. The highest BCUT2D eigenvalue weighted by atomic mass is 32.2. The van der Waals surface area contributed by atoms with Crippen LogP contribution < -0.4 is 9.46 Å². The molecule has 10 heteroatoms. The summed E-state index contributed by atoms with van der Waals surface area (Å²) in [6.07, 6.45) is 7.18. The summed E-state index contributed by atoms with van der Waals surface area (Å²) in [5.74, 6) is -2.08. The third-order valence-corrected chi connectivity index (χ3v) is 9.07. The second-order valence-corrected chi connectivity index (χ2v) is 12.2. The van der Waals surface area contributed by atoms with Crippen LogP contribution in [-0.2, 0) is 16.6 Å². The number of anilines is 1. The van der Waals surface area contributed by atoms with Crippen molar-refractivity contribution in [2.24, 2.45) is 0 Å². The molecule has 1 aliphatic heterocycles. The Morgan fingerprint density at radius 3 is 2.37 bits per heavy atom. The Labute approximate surface area is 249 Å². The molecule has 1 aliphatic rings. The van der Waals surface area contributed by atoms with Gasteiger partial charge in [-0.1, -0.05) is 36.8 Å². The average molecular weight is 601 g/mol. The van der Waals surface area contributed by atoms with Gasteiger partial charge in [0.1, 0.15) is 22.2 Å². The van der Waals surface area contributed by atoms with Crippen molar-refractivity contribution >= 4 is 26.6 Å². The number of benzene rings is 3. The van der Waals surface area contributed by atoms with Crippen LogP contribution in [0.2, 0.25) is 0 Å². The van der Waals surface area contributed by atoms with Crippen molar-refractivity contribution in [1.82, 2.24) is 14.9 Å². The van der Waals surface area contributed by atoms with Crippen molar-refractivity contribution in [3.63, 3.8) is 0 Å². The van der Waals surface area contributed by atoms with Crippen LogP contribution in [0.1, 0.15) is 24.8 Å². The van der Waals surface area contributed by atoms with Crippen LogP contribution in [0.3, 0.4) is 0 Å². The first-order chi connectivity index (χ1) is 20.8. The maximum atomic E-state index is 14.3. The fourth-order valence-electron chi connectivity index (χ4n) is 5.48. The topological polar surface area (TPSA) is 84.4 Å². The van der Waals surface area contributed by atoms with E-state index in [4.69, 9.17) is 4.74 Å². The number of likely N-dealkylation sites (tertiary alicyclic amines) is 1. The molecule has 0 aliphatic carbocycles. The Hall–Kier alpha value is -4.41. The highest BCUT2D eigenvalue weighted by molar-refractivity contribution is 7.92. The Kier molecular flexibility index (Phi) is 8.05. The molecule has 0 spiro atoms. The monoisotopic (exact) mass is 600 g/mol. The summed E-state index contributed by atoms with van der Waals surface area (Å²) in [7, 11) is -3.06. The van der Waals surface area contributed by atoms with E-state index < -0.39 is 26.6 Å². The molecule has 220 valence electrons. The van der Waals surface area contributed by atoms with Gasteiger partial charge in [0.05, 0.1) is 12.6 Å². The van der Waals surface area contributed by atoms with Crippen molar-refractivity contribution in [3.8, 4) is 28.1 Å². The number of sulfonamides is 1. The molecule has 0 amide bonds. The lowest BCUT2D eigenvalue weighted by Crippen LogP contribution is -2.28. The molecule has 1 saturated heterocycles. The van der Waals surface area contributed by atoms with Crippen molar-refractivity contribution in [3.05, 3.63) is 102 Å². The summed E-state index contributed by atoms with van der Waals surface area (Å²) in [4.78, 5) is 10.6. The van der Waals surface area contributed by atoms with E-state index in [1.54, 1.807) is 18.5 Å². The summed E-state index contributed by atoms with van der Waals surface area (Å²) in [6.45, 7) is 3.24. The lowest BCUT2D eigenvalue weighted by Gasteiger charge is -2.26. The van der Waals surface area contributed by atoms with Gasteiger partial charge in [-0.2, -0.15) is 0 Å². The molecular weight excluding hydrogens is 570 g/mol. The first kappa shape index (κ1) is 28.7. The van der Waals surface area contributed by atoms with Crippen molar-refractivity contribution in [1.29, 1.82) is 0 Å². The van der Waals surface area contributed by atoms with E-state index in [-0.39, 0.29) is 11.6 Å². The van der Waals surface area contributed by atoms with Crippen LogP contribution in [0.15, 0.2) is 90.1 Å². The maximum Gasteiger partial charge on any atom is 0.264 e. The zero-order chi connectivity index (χ0) is 30.0. The van der Waals surface area contributed by atoms with Crippen LogP contribution in [0.25, 0.3) is 33.2 Å². The number of halogens is 2. The molecule has 1 fully saturated rings. The molecular formula is C33H30F2N4O3S. The molecule has 6 rings (SSSR count). The number of nitrogens with one attached hydrogen (secondary N) is 1. The van der Waals surface area contributed by atoms with Crippen molar-refractivity contribution in [2.45, 2.75) is 30.7 Å². The number of aromatic nitrogens is 2. The molecule has 3 aromatic carbocycles. The third kappa shape index (κ3) is 6.21. The molecule has 2 aromatic heterocycles. The van der Waals surface area contributed by atoms with Crippen LogP contribution in [-0.4, -0.2) is 43.5 Å². The van der Waals surface area contributed by atoms with E-state index in [2.05, 4.69) is 43.9 Å². The summed E-state index contributed by atoms with van der Waals surface area (Å²) < 4.78 is 61.3. The molecule has 5 aromatic rings. The van der Waals surface area contributed by atoms with Crippen LogP contribution >= 0.6 is 0 Å². The Morgan fingerprint density at radius 2 is 1.63 bits per heavy atom. The normalized spacial score (nSPS) is 14.1. The number of piperidine rings is 1. The zero-order valence-corrected chi connectivity index (χ0v) is 24.4. The minimum atomic E-state index is -4.41. The summed E-state index contributed by atoms with van der Waals surface area (Å²) in [6, 6.07) is 20.2. The van der Waals surface area contributed by atoms with E-state index in [0.29, 0.717) is 11.6 Å². The van der Waals surface area contributed by atoms with E-state index in [0.717, 1.165) is 59.4 Å². The number of pyridine rings is 2. The lowest BCUT2D eigenvalue weighted by molar-refractivity contribution is 0.221. The maximum absolute atomic E-state index is 14.3. The largest absolute Gasteiger partial charge is 0.480 e. The molecule has 0 bridgehead atoms. The second kappa shape index (κ2) is 12.1. The molecule has 0 unspecified atom stereocenters. The van der Waals surface area contributed by atoms with Gasteiger partial charge in [0.15, 0.2) is 0 Å². The van der Waals surface area contributed by atoms with Gasteiger partial charge in [-0.25, -0.2) is 22.2 Å². The van der Waals surface area contributed by atoms with Gasteiger partial charge >= 0.3 is 0 Å². The van der Waals surface area contributed by atoms with Gasteiger partial charge in [0.2, 0.25) is 5.88 Å². The number of fused-ring (bicyclic) bond motifs is 1. The number of hydrogen-bond donors (Lipinski definition) is 1. The summed E-state index contributed by atoms with van der Waals surface area (Å²) in [5.41, 5.74) is 5.57. The minimum Gasteiger partial charge on any atom is -0.480 e. The Morgan fingerprint density at radius 1 is 0.860 bits per heavy atom. The van der Waals surface area contributed by atoms with Gasteiger partial charge < -0.3 is 4.74 Å². The van der Waals surface area contributed by atoms with Crippen molar-refractivity contribution in [2.75, 3.05) is 24.9 Å². The SMILES string of the molecule is COc1ncc(-c2ccc3nccc(-c4ccc(CN5CCCCC5)cc4)c3c2)cc1NS(=O)(=O)c1ccc(F)cc1F. The quantitative estimate of drug-likeness (QED) is 0.206. The third-order valence-electron chi connectivity index (χ3n) is 7.67. The van der Waals surface area contributed by atoms with Crippen LogP contribution in [0.5, 0.6) is 5.88 Å². The minimum absolute atomic E-state index is 0.00244. The highest BCUT2D eigenvalue weighted by Crippen LogP contribution is 2.34. The fourth-order valence-corrected chi connectivity index (χ4v) is 6.59. The highest BCUT2D eigenvalue weighted by Gasteiger charge is 2.22. The van der Waals surface area contributed by atoms with Crippen LogP contribution in [0, 0.1) is 11.6 Å². The number of methoxy groups -OCH3 is 1. The summed E-state index contributed by atoms with van der Waals surface area (Å²) >= 11 is 0. The molecule has 43 heavy (non-hydrogen) atoms. The average Bonchev–Trinajstić information content (AvgIpc) is 3.01. The van der Waals surface area contributed by atoms with Gasteiger partial charge in [-0.3, -0.25) is 14.6 Å². The van der Waals surface area contributed by atoms with E-state index >= 15 is 0 Å². The molecule has 0 atom stereocenters. The van der Waals surface area contributed by atoms with Gasteiger partial charge in [0.25, 0.3) is 10.0 Å². The number of ether oxygens (including phenoxy) is 1. The zero-order valence-electron chi connectivity index (χ0n) is 23.6. The molecule has 0 radical (unpaired) electrons. The van der Waals surface area contributed by atoms with E-state index in [9.17, 15) is 17.2 Å². The predicted octanol–water partition coefficient (Wildman–Crippen LogP) is 7.04. The molecule has 0 saturated carbocycles. The summed E-state index contributed by atoms with van der Waals surface area (Å²) in [5, 5.41) is 0.926. The number of hydrogen-bond acceptors (Lipinski definition) is 6. The predicted molar refractivity (Wildman–Crippen MR) is 163 cm³/mol. The first-order valence-corrected chi connectivity index (χ1v) is 15.5. The molecule has 7 nitrogen and oxygen atoms in total. The van der Waals surface area contributed by atoms with E-state index in [1.807, 2.05) is 24.3 Å². The van der Waals surface area contributed by atoms with Gasteiger partial charge in [-0.15, -0.1) is 0 Å².